The summed E-state index contributed by atoms with van der Waals surface area (Å²) in [5, 5.41) is 9.13. The molecule has 0 amide bonds. The monoisotopic (exact) mass is 241 g/mol. The van der Waals surface area contributed by atoms with Crippen LogP contribution in [-0.2, 0) is 4.79 Å². The van der Waals surface area contributed by atoms with Gasteiger partial charge in [0.1, 0.15) is 6.04 Å². The third kappa shape index (κ3) is 4.66. The molecular weight excluding hydrogens is 214 g/mol. The van der Waals surface area contributed by atoms with Crippen molar-refractivity contribution in [1.82, 2.24) is 4.90 Å². The second kappa shape index (κ2) is 7.70. The van der Waals surface area contributed by atoms with Gasteiger partial charge in [-0.15, -0.1) is 0 Å². The van der Waals surface area contributed by atoms with Gasteiger partial charge in [-0.05, 0) is 32.7 Å². The van der Waals surface area contributed by atoms with Gasteiger partial charge in [0.25, 0.3) is 0 Å². The molecule has 1 heterocycles. The summed E-state index contributed by atoms with van der Waals surface area (Å²) < 4.78 is 0. The maximum absolute atomic E-state index is 11.1. The lowest BCUT2D eigenvalue weighted by molar-refractivity contribution is -0.142. The molecule has 1 saturated heterocycles. The second-order valence-corrected chi connectivity index (χ2v) is 5.29. The van der Waals surface area contributed by atoms with Crippen molar-refractivity contribution >= 4 is 5.97 Å². The lowest BCUT2D eigenvalue weighted by Crippen LogP contribution is -2.41. The van der Waals surface area contributed by atoms with Crippen LogP contribution in [0.15, 0.2) is 0 Å². The Labute approximate surface area is 105 Å². The number of likely N-dealkylation sites (tertiary alicyclic amines) is 1. The molecule has 0 aromatic heterocycles. The number of aliphatic carboxylic acids is 1. The third-order valence-corrected chi connectivity index (χ3v) is 3.87. The van der Waals surface area contributed by atoms with Crippen molar-refractivity contribution in [3.05, 3.63) is 0 Å². The minimum absolute atomic E-state index is 0.222. The Morgan fingerprint density at radius 2 is 2.06 bits per heavy atom. The van der Waals surface area contributed by atoms with Crippen LogP contribution in [0.5, 0.6) is 0 Å². The standard InChI is InChI=1S/C14H27NO2/c1-3-4-5-6-7-9-12(2)15-11-8-10-13(15)14(16)17/h12-13H,3-11H2,1-2H3,(H,16,17). The third-order valence-electron chi connectivity index (χ3n) is 3.87. The van der Waals surface area contributed by atoms with E-state index in [2.05, 4.69) is 18.7 Å². The first-order valence-corrected chi connectivity index (χ1v) is 7.15. The first-order valence-electron chi connectivity index (χ1n) is 7.15. The minimum Gasteiger partial charge on any atom is -0.480 e. The van der Waals surface area contributed by atoms with Crippen LogP contribution >= 0.6 is 0 Å². The summed E-state index contributed by atoms with van der Waals surface area (Å²) in [6, 6.07) is 0.209. The molecule has 3 heteroatoms. The summed E-state index contributed by atoms with van der Waals surface area (Å²) >= 11 is 0. The molecule has 0 saturated carbocycles. The van der Waals surface area contributed by atoms with E-state index in [9.17, 15) is 4.79 Å². The topological polar surface area (TPSA) is 40.5 Å². The van der Waals surface area contributed by atoms with Crippen molar-refractivity contribution in [2.45, 2.75) is 77.3 Å². The predicted octanol–water partition coefficient (Wildman–Crippen LogP) is 3.28. The van der Waals surface area contributed by atoms with Gasteiger partial charge in [0, 0.05) is 6.04 Å². The van der Waals surface area contributed by atoms with Crippen molar-refractivity contribution in [1.29, 1.82) is 0 Å². The minimum atomic E-state index is -0.639. The average Bonchev–Trinajstić information content (AvgIpc) is 2.77. The number of unbranched alkanes of at least 4 members (excludes halogenated alkanes) is 4. The zero-order valence-electron chi connectivity index (χ0n) is 11.3. The number of carbonyl (C=O) groups is 1. The Hall–Kier alpha value is -0.570. The Morgan fingerprint density at radius 1 is 1.35 bits per heavy atom. The van der Waals surface area contributed by atoms with Crippen LogP contribution in [0.2, 0.25) is 0 Å². The molecule has 1 aliphatic heterocycles. The quantitative estimate of drug-likeness (QED) is 0.663. The molecule has 17 heavy (non-hydrogen) atoms. The number of hydrogen-bond donors (Lipinski definition) is 1. The fourth-order valence-electron chi connectivity index (χ4n) is 2.79. The van der Waals surface area contributed by atoms with Gasteiger partial charge in [0.2, 0.25) is 0 Å². The van der Waals surface area contributed by atoms with Gasteiger partial charge < -0.3 is 5.11 Å². The van der Waals surface area contributed by atoms with Crippen molar-refractivity contribution in [3.63, 3.8) is 0 Å². The van der Waals surface area contributed by atoms with Crippen LogP contribution in [0.1, 0.15) is 65.2 Å². The number of carboxylic acid groups (broad SMARTS) is 1. The Bertz CT molecular complexity index is 230. The summed E-state index contributed by atoms with van der Waals surface area (Å²) in [5.74, 6) is -0.639. The normalized spacial score (nSPS) is 22.8. The molecule has 100 valence electrons. The molecular formula is C14H27NO2. The largest absolute Gasteiger partial charge is 0.480 e. The van der Waals surface area contributed by atoms with Gasteiger partial charge in [-0.2, -0.15) is 0 Å². The lowest BCUT2D eigenvalue weighted by Gasteiger charge is -2.28. The first-order chi connectivity index (χ1) is 8.16. The number of nitrogens with zero attached hydrogens (tertiary/aromatic N) is 1. The SMILES string of the molecule is CCCCCCCC(C)N1CCCC1C(=O)O. The first kappa shape index (κ1) is 14.5. The van der Waals surface area contributed by atoms with Gasteiger partial charge in [0.15, 0.2) is 0 Å². The summed E-state index contributed by atoms with van der Waals surface area (Å²) in [4.78, 5) is 13.3. The van der Waals surface area contributed by atoms with Crippen LogP contribution in [0, 0.1) is 0 Å². The van der Waals surface area contributed by atoms with E-state index >= 15 is 0 Å². The molecule has 1 N–H and O–H groups in total. The highest BCUT2D eigenvalue weighted by atomic mass is 16.4. The van der Waals surface area contributed by atoms with E-state index in [1.807, 2.05) is 0 Å². The number of rotatable bonds is 8. The summed E-state index contributed by atoms with van der Waals surface area (Å²) in [7, 11) is 0. The molecule has 1 fully saturated rings. The Balaban J connectivity index is 2.22. The van der Waals surface area contributed by atoms with Crippen LogP contribution in [0.25, 0.3) is 0 Å². The molecule has 0 aromatic carbocycles. The summed E-state index contributed by atoms with van der Waals surface area (Å²) in [6.45, 7) is 5.37. The van der Waals surface area contributed by atoms with Gasteiger partial charge in [-0.25, -0.2) is 0 Å². The zero-order valence-corrected chi connectivity index (χ0v) is 11.3. The van der Waals surface area contributed by atoms with Crippen molar-refractivity contribution in [2.75, 3.05) is 6.54 Å². The Kier molecular flexibility index (Phi) is 6.56. The van der Waals surface area contributed by atoms with Crippen molar-refractivity contribution < 1.29 is 9.90 Å². The molecule has 0 bridgehead atoms. The van der Waals surface area contributed by atoms with Gasteiger partial charge in [0.05, 0.1) is 0 Å². The fourth-order valence-corrected chi connectivity index (χ4v) is 2.79. The van der Waals surface area contributed by atoms with Gasteiger partial charge >= 0.3 is 5.97 Å². The van der Waals surface area contributed by atoms with E-state index in [1.165, 1.54) is 32.1 Å². The van der Waals surface area contributed by atoms with E-state index < -0.39 is 5.97 Å². The van der Waals surface area contributed by atoms with Crippen LogP contribution in [0.4, 0.5) is 0 Å². The lowest BCUT2D eigenvalue weighted by atomic mass is 10.1. The highest BCUT2D eigenvalue weighted by Gasteiger charge is 2.32. The highest BCUT2D eigenvalue weighted by Crippen LogP contribution is 2.23. The average molecular weight is 241 g/mol. The maximum atomic E-state index is 11.1. The van der Waals surface area contributed by atoms with Crippen LogP contribution in [-0.4, -0.2) is 34.6 Å². The molecule has 0 spiro atoms. The summed E-state index contributed by atoms with van der Waals surface area (Å²) in [5.41, 5.74) is 0. The molecule has 2 atom stereocenters. The van der Waals surface area contributed by atoms with E-state index in [-0.39, 0.29) is 6.04 Å². The van der Waals surface area contributed by atoms with Crippen LogP contribution in [0.3, 0.4) is 0 Å². The molecule has 0 radical (unpaired) electrons. The molecule has 1 rings (SSSR count). The Morgan fingerprint density at radius 3 is 2.71 bits per heavy atom. The van der Waals surface area contributed by atoms with Crippen molar-refractivity contribution in [3.8, 4) is 0 Å². The predicted molar refractivity (Wildman–Crippen MR) is 70.2 cm³/mol. The number of hydrogen-bond acceptors (Lipinski definition) is 2. The molecule has 2 unspecified atom stereocenters. The van der Waals surface area contributed by atoms with Gasteiger partial charge in [-0.1, -0.05) is 39.0 Å². The second-order valence-electron chi connectivity index (χ2n) is 5.29. The molecule has 1 aliphatic rings. The van der Waals surface area contributed by atoms with E-state index in [4.69, 9.17) is 5.11 Å². The molecule has 3 nitrogen and oxygen atoms in total. The van der Waals surface area contributed by atoms with Gasteiger partial charge in [-0.3, -0.25) is 9.69 Å². The number of carboxylic acids is 1. The van der Waals surface area contributed by atoms with Crippen molar-refractivity contribution in [2.24, 2.45) is 0 Å². The molecule has 0 aliphatic carbocycles. The zero-order chi connectivity index (χ0) is 12.7. The van der Waals surface area contributed by atoms with E-state index in [1.54, 1.807) is 0 Å². The molecule has 0 aromatic rings. The van der Waals surface area contributed by atoms with E-state index in [0.29, 0.717) is 6.04 Å². The smallest absolute Gasteiger partial charge is 0.320 e. The summed E-state index contributed by atoms with van der Waals surface area (Å²) in [6.07, 6.45) is 9.48. The van der Waals surface area contributed by atoms with Crippen LogP contribution < -0.4 is 0 Å². The fraction of sp³-hybridized carbons (Fsp3) is 0.929. The van der Waals surface area contributed by atoms with E-state index in [0.717, 1.165) is 25.8 Å². The maximum Gasteiger partial charge on any atom is 0.320 e. The highest BCUT2D eigenvalue weighted by molar-refractivity contribution is 5.73.